The van der Waals surface area contributed by atoms with Gasteiger partial charge >= 0.3 is 6.09 Å². The standard InChI is InChI=1S/C24H25I2N5O4S/c1-14(2)20(29-21(32)19(27)11-16-8-9-17(25)18(26)10-16)22(33)31(23-30-28-13-36-23)24(34)35-12-15-6-4-3-5-7-15/h3-10,13-14,19-20H,11-12,27H2,1-2H3,(H,29,32)/t19-,20-/m0/s1. The first-order valence-electron chi connectivity index (χ1n) is 11.0. The van der Waals surface area contributed by atoms with Gasteiger partial charge in [-0.1, -0.05) is 61.6 Å². The molecule has 3 amide bonds. The Bertz CT molecular complexity index is 1190. The van der Waals surface area contributed by atoms with Crippen LogP contribution in [0.25, 0.3) is 0 Å². The van der Waals surface area contributed by atoms with E-state index >= 15 is 0 Å². The number of imide groups is 1. The second kappa shape index (κ2) is 13.4. The molecule has 0 saturated heterocycles. The number of hydrogen-bond acceptors (Lipinski definition) is 8. The van der Waals surface area contributed by atoms with Crippen molar-refractivity contribution in [3.05, 3.63) is 72.3 Å². The Morgan fingerprint density at radius 2 is 1.81 bits per heavy atom. The first-order valence-corrected chi connectivity index (χ1v) is 14.0. The molecule has 0 aliphatic rings. The Balaban J connectivity index is 1.74. The maximum atomic E-state index is 13.5. The topological polar surface area (TPSA) is 128 Å². The molecular formula is C24H25I2N5O4S. The van der Waals surface area contributed by atoms with Crippen LogP contribution in [0.3, 0.4) is 0 Å². The van der Waals surface area contributed by atoms with Crippen molar-refractivity contribution >= 4 is 79.6 Å². The number of carbonyl (C=O) groups is 3. The zero-order valence-electron chi connectivity index (χ0n) is 19.6. The van der Waals surface area contributed by atoms with Gasteiger partial charge in [0.15, 0.2) is 0 Å². The smallest absolute Gasteiger partial charge is 0.423 e. The molecule has 0 aliphatic heterocycles. The predicted octanol–water partition coefficient (Wildman–Crippen LogP) is 4.13. The maximum absolute atomic E-state index is 13.5. The van der Waals surface area contributed by atoms with Gasteiger partial charge in [-0.15, -0.1) is 10.2 Å². The number of aromatic nitrogens is 2. The molecule has 1 aromatic heterocycles. The van der Waals surface area contributed by atoms with Gasteiger partial charge < -0.3 is 15.8 Å². The lowest BCUT2D eigenvalue weighted by Crippen LogP contribution is -2.56. The Kier molecular flexibility index (Phi) is 10.6. The van der Waals surface area contributed by atoms with Crippen molar-refractivity contribution in [2.24, 2.45) is 11.7 Å². The highest BCUT2D eigenvalue weighted by Crippen LogP contribution is 2.21. The number of halogens is 2. The van der Waals surface area contributed by atoms with Gasteiger partial charge in [0.1, 0.15) is 18.2 Å². The van der Waals surface area contributed by atoms with Gasteiger partial charge in [0.2, 0.25) is 11.0 Å². The highest BCUT2D eigenvalue weighted by Gasteiger charge is 2.36. The summed E-state index contributed by atoms with van der Waals surface area (Å²) in [6, 6.07) is 13.0. The molecule has 0 spiro atoms. The molecule has 0 fully saturated rings. The molecule has 0 unspecified atom stereocenters. The van der Waals surface area contributed by atoms with E-state index in [1.54, 1.807) is 26.0 Å². The minimum atomic E-state index is -1.03. The molecule has 0 saturated carbocycles. The number of anilines is 1. The van der Waals surface area contributed by atoms with Crippen LogP contribution in [0.4, 0.5) is 9.93 Å². The molecule has 3 rings (SSSR count). The normalized spacial score (nSPS) is 12.6. The third kappa shape index (κ3) is 7.66. The molecule has 9 nitrogen and oxygen atoms in total. The molecule has 3 aromatic rings. The summed E-state index contributed by atoms with van der Waals surface area (Å²) in [5.41, 5.74) is 9.26. The molecule has 1 heterocycles. The van der Waals surface area contributed by atoms with Crippen LogP contribution in [-0.2, 0) is 27.4 Å². The number of amides is 3. The molecule has 0 bridgehead atoms. The number of hydrogen-bond donors (Lipinski definition) is 2. The Hall–Kier alpha value is -2.17. The third-order valence-corrected chi connectivity index (χ3v) is 8.69. The van der Waals surface area contributed by atoms with Crippen LogP contribution >= 0.6 is 56.5 Å². The number of nitrogens with two attached hydrogens (primary N) is 1. The fourth-order valence-corrected chi connectivity index (χ4v) is 4.71. The maximum Gasteiger partial charge on any atom is 0.423 e. The highest BCUT2D eigenvalue weighted by atomic mass is 127. The van der Waals surface area contributed by atoms with Crippen molar-refractivity contribution in [2.45, 2.75) is 39.0 Å². The van der Waals surface area contributed by atoms with Crippen molar-refractivity contribution in [1.82, 2.24) is 15.5 Å². The van der Waals surface area contributed by atoms with Crippen LogP contribution in [-0.4, -0.2) is 40.2 Å². The average molecular weight is 733 g/mol. The second-order valence-electron chi connectivity index (χ2n) is 8.22. The predicted molar refractivity (Wildman–Crippen MR) is 154 cm³/mol. The number of benzene rings is 2. The zero-order chi connectivity index (χ0) is 26.2. The monoisotopic (exact) mass is 733 g/mol. The number of nitrogens with zero attached hydrogens (tertiary/aromatic N) is 3. The summed E-state index contributed by atoms with van der Waals surface area (Å²) < 4.78 is 7.56. The van der Waals surface area contributed by atoms with Crippen molar-refractivity contribution in [2.75, 3.05) is 4.90 Å². The lowest BCUT2D eigenvalue weighted by Gasteiger charge is -2.27. The van der Waals surface area contributed by atoms with E-state index in [4.69, 9.17) is 10.5 Å². The lowest BCUT2D eigenvalue weighted by atomic mass is 10.0. The number of ether oxygens (including phenoxy) is 1. The van der Waals surface area contributed by atoms with Crippen LogP contribution in [0.2, 0.25) is 0 Å². The van der Waals surface area contributed by atoms with Gasteiger partial charge in [0.25, 0.3) is 5.91 Å². The summed E-state index contributed by atoms with van der Waals surface area (Å²) in [6.07, 6.45) is -0.602. The zero-order valence-corrected chi connectivity index (χ0v) is 24.7. The van der Waals surface area contributed by atoms with Crippen molar-refractivity contribution in [1.29, 1.82) is 0 Å². The van der Waals surface area contributed by atoms with E-state index in [9.17, 15) is 14.4 Å². The number of nitrogens with one attached hydrogen (secondary N) is 1. The van der Waals surface area contributed by atoms with Crippen LogP contribution in [0.1, 0.15) is 25.0 Å². The van der Waals surface area contributed by atoms with Gasteiger partial charge in [0.05, 0.1) is 6.04 Å². The first kappa shape index (κ1) is 28.4. The van der Waals surface area contributed by atoms with Crippen molar-refractivity contribution < 1.29 is 19.1 Å². The van der Waals surface area contributed by atoms with Gasteiger partial charge in [-0.05, 0) is 80.8 Å². The largest absolute Gasteiger partial charge is 0.444 e. The molecule has 12 heteroatoms. The van der Waals surface area contributed by atoms with Gasteiger partial charge in [-0.3, -0.25) is 9.59 Å². The molecule has 190 valence electrons. The molecule has 0 aliphatic carbocycles. The number of rotatable bonds is 9. The first-order chi connectivity index (χ1) is 17.2. The minimum absolute atomic E-state index is 0.0271. The molecule has 2 atom stereocenters. The minimum Gasteiger partial charge on any atom is -0.444 e. The molecular weight excluding hydrogens is 708 g/mol. The summed E-state index contributed by atoms with van der Waals surface area (Å²) in [5, 5.41) is 10.4. The fourth-order valence-electron chi connectivity index (χ4n) is 3.24. The van der Waals surface area contributed by atoms with Gasteiger partial charge in [0, 0.05) is 7.14 Å². The van der Waals surface area contributed by atoms with Crippen LogP contribution in [0.15, 0.2) is 54.0 Å². The Morgan fingerprint density at radius 3 is 2.42 bits per heavy atom. The van der Waals surface area contributed by atoms with E-state index in [1.807, 2.05) is 36.4 Å². The Morgan fingerprint density at radius 1 is 1.08 bits per heavy atom. The molecule has 0 radical (unpaired) electrons. The third-order valence-electron chi connectivity index (χ3n) is 5.15. The van der Waals surface area contributed by atoms with E-state index in [0.717, 1.165) is 34.5 Å². The quantitative estimate of drug-likeness (QED) is 0.317. The fraction of sp³-hybridized carbons (Fsp3) is 0.292. The summed E-state index contributed by atoms with van der Waals surface area (Å²) in [5.74, 6) is -1.51. The summed E-state index contributed by atoms with van der Waals surface area (Å²) in [7, 11) is 0. The van der Waals surface area contributed by atoms with Crippen molar-refractivity contribution in [3.63, 3.8) is 0 Å². The van der Waals surface area contributed by atoms with E-state index in [2.05, 4.69) is 60.7 Å². The molecule has 3 N–H and O–H groups in total. The van der Waals surface area contributed by atoms with E-state index in [0.29, 0.717) is 6.42 Å². The van der Waals surface area contributed by atoms with Crippen LogP contribution in [0.5, 0.6) is 0 Å². The highest BCUT2D eigenvalue weighted by molar-refractivity contribution is 14.1. The van der Waals surface area contributed by atoms with Crippen molar-refractivity contribution in [3.8, 4) is 0 Å². The lowest BCUT2D eigenvalue weighted by molar-refractivity contribution is -0.129. The van der Waals surface area contributed by atoms with E-state index < -0.39 is 30.0 Å². The van der Waals surface area contributed by atoms with Crippen LogP contribution in [0, 0.1) is 13.1 Å². The van der Waals surface area contributed by atoms with E-state index in [-0.39, 0.29) is 17.7 Å². The molecule has 36 heavy (non-hydrogen) atoms. The van der Waals surface area contributed by atoms with Crippen LogP contribution < -0.4 is 16.0 Å². The SMILES string of the molecule is CC(C)[C@H](NC(=O)[C@@H](N)Cc1ccc(I)c(I)c1)C(=O)N(C(=O)OCc1ccccc1)c1nncs1. The Labute approximate surface area is 240 Å². The van der Waals surface area contributed by atoms with E-state index in [1.165, 1.54) is 5.51 Å². The van der Waals surface area contributed by atoms with Gasteiger partial charge in [-0.2, -0.15) is 4.90 Å². The second-order valence-corrected chi connectivity index (χ2v) is 11.4. The summed E-state index contributed by atoms with van der Waals surface area (Å²) >= 11 is 5.47. The average Bonchev–Trinajstić information content (AvgIpc) is 3.38. The summed E-state index contributed by atoms with van der Waals surface area (Å²) in [4.78, 5) is 40.3. The summed E-state index contributed by atoms with van der Waals surface area (Å²) in [6.45, 7) is 3.51. The van der Waals surface area contributed by atoms with Gasteiger partial charge in [-0.25, -0.2) is 4.79 Å². The molecule has 2 aromatic carbocycles. The number of carbonyl (C=O) groups excluding carboxylic acids is 3.